The predicted octanol–water partition coefficient (Wildman–Crippen LogP) is 6.35. The first-order valence-electron chi connectivity index (χ1n) is 15.5. The average Bonchev–Trinajstić information content (AvgIpc) is 3.13. The molecule has 0 spiro atoms. The van der Waals surface area contributed by atoms with Crippen LogP contribution in [-0.4, -0.2) is 54.9 Å². The van der Waals surface area contributed by atoms with Crippen LogP contribution in [0.3, 0.4) is 0 Å². The van der Waals surface area contributed by atoms with Crippen molar-refractivity contribution in [3.8, 4) is 11.1 Å². The van der Waals surface area contributed by atoms with Gasteiger partial charge in [-0.05, 0) is 39.9 Å². The highest BCUT2D eigenvalue weighted by atomic mass is 19.2. The van der Waals surface area contributed by atoms with E-state index in [2.05, 4.69) is 10.2 Å². The van der Waals surface area contributed by atoms with Crippen molar-refractivity contribution in [3.63, 3.8) is 0 Å². The summed E-state index contributed by atoms with van der Waals surface area (Å²) < 4.78 is 87.4. The fourth-order valence-corrected chi connectivity index (χ4v) is 5.91. The van der Waals surface area contributed by atoms with Crippen LogP contribution in [-0.2, 0) is 27.4 Å². The Kier molecular flexibility index (Phi) is 10.5. The molecular formula is C36H33F5N2O5. The van der Waals surface area contributed by atoms with Crippen LogP contribution in [0.15, 0.2) is 72.8 Å². The number of rotatable bonds is 9. The number of amides is 1. The van der Waals surface area contributed by atoms with Gasteiger partial charge in [-0.25, -0.2) is 22.0 Å². The molecule has 1 amide bonds. The summed E-state index contributed by atoms with van der Waals surface area (Å²) in [5.41, 5.74) is 3.09. The Morgan fingerprint density at radius 3 is 2.10 bits per heavy atom. The second-order valence-corrected chi connectivity index (χ2v) is 11.7. The van der Waals surface area contributed by atoms with E-state index in [4.69, 9.17) is 14.2 Å². The molecule has 252 valence electrons. The molecule has 7 nitrogen and oxygen atoms in total. The second kappa shape index (κ2) is 14.9. The van der Waals surface area contributed by atoms with E-state index in [0.29, 0.717) is 31.7 Å². The van der Waals surface area contributed by atoms with Crippen molar-refractivity contribution in [2.75, 3.05) is 32.8 Å². The summed E-state index contributed by atoms with van der Waals surface area (Å²) >= 11 is 0. The van der Waals surface area contributed by atoms with E-state index in [9.17, 15) is 31.9 Å². The number of aliphatic hydroxyl groups excluding tert-OH is 1. The number of ether oxygens (including phenoxy) is 3. The highest BCUT2D eigenvalue weighted by Crippen LogP contribution is 2.39. The van der Waals surface area contributed by atoms with Gasteiger partial charge in [0.05, 0.1) is 32.0 Å². The molecule has 2 fully saturated rings. The standard InChI is InChI=1S/C36H33F5N2O5/c37-30-29(31(38)33(40)34(41)32(30)39)35(45)42-18-22-3-1-4-24(15-22)25-5-2-6-26(16-25)36-47-27(19-43-11-13-46-14-12-43)17-28(48-36)23-9-7-21(20-44)8-10-23/h1-10,15-16,27-28,36,44H,11-14,17-20H2,(H,42,45)/t27-,28+,36+/m0/s1. The number of nitrogens with one attached hydrogen (secondary N) is 1. The van der Waals surface area contributed by atoms with Gasteiger partial charge in [0.2, 0.25) is 5.82 Å². The number of halogens is 5. The Morgan fingerprint density at radius 1 is 0.771 bits per heavy atom. The van der Waals surface area contributed by atoms with Gasteiger partial charge in [-0.2, -0.15) is 0 Å². The third-order valence-electron chi connectivity index (χ3n) is 8.49. The summed E-state index contributed by atoms with van der Waals surface area (Å²) in [5.74, 6) is -12.5. The van der Waals surface area contributed by atoms with Crippen molar-refractivity contribution < 1.29 is 46.1 Å². The minimum Gasteiger partial charge on any atom is -0.392 e. The number of benzene rings is 4. The quantitative estimate of drug-likeness (QED) is 0.123. The zero-order chi connectivity index (χ0) is 33.8. The molecule has 0 aromatic heterocycles. The van der Waals surface area contributed by atoms with Gasteiger partial charge in [-0.3, -0.25) is 9.69 Å². The fraction of sp³-hybridized carbons (Fsp3) is 0.306. The van der Waals surface area contributed by atoms with Crippen molar-refractivity contribution in [1.82, 2.24) is 10.2 Å². The van der Waals surface area contributed by atoms with Crippen molar-refractivity contribution in [1.29, 1.82) is 0 Å². The number of carbonyl (C=O) groups is 1. The second-order valence-electron chi connectivity index (χ2n) is 11.7. The van der Waals surface area contributed by atoms with Gasteiger partial charge >= 0.3 is 0 Å². The Bertz CT molecular complexity index is 1740. The molecule has 0 aliphatic carbocycles. The minimum absolute atomic E-state index is 0.0527. The Hall–Kier alpha value is -4.20. The molecule has 2 heterocycles. The summed E-state index contributed by atoms with van der Waals surface area (Å²) in [5, 5.41) is 11.7. The summed E-state index contributed by atoms with van der Waals surface area (Å²) in [6, 6.07) is 22.2. The molecule has 3 atom stereocenters. The lowest BCUT2D eigenvalue weighted by Crippen LogP contribution is -2.44. The highest BCUT2D eigenvalue weighted by molar-refractivity contribution is 5.94. The van der Waals surface area contributed by atoms with Crippen LogP contribution < -0.4 is 5.32 Å². The zero-order valence-corrected chi connectivity index (χ0v) is 25.7. The smallest absolute Gasteiger partial charge is 0.257 e. The van der Waals surface area contributed by atoms with Crippen LogP contribution in [0.1, 0.15) is 51.4 Å². The summed E-state index contributed by atoms with van der Waals surface area (Å²) in [7, 11) is 0. The lowest BCUT2D eigenvalue weighted by Gasteiger charge is -2.39. The normalized spacial score (nSPS) is 20.1. The number of nitrogens with zero attached hydrogens (tertiary/aromatic N) is 1. The van der Waals surface area contributed by atoms with Crippen LogP contribution in [0.5, 0.6) is 0 Å². The predicted molar refractivity (Wildman–Crippen MR) is 165 cm³/mol. The summed E-state index contributed by atoms with van der Waals surface area (Å²) in [4.78, 5) is 14.8. The largest absolute Gasteiger partial charge is 0.392 e. The number of hydrogen-bond donors (Lipinski definition) is 2. The van der Waals surface area contributed by atoms with Gasteiger partial charge in [0.15, 0.2) is 29.6 Å². The lowest BCUT2D eigenvalue weighted by molar-refractivity contribution is -0.253. The molecule has 12 heteroatoms. The van der Waals surface area contributed by atoms with Crippen LogP contribution in [0.2, 0.25) is 0 Å². The van der Waals surface area contributed by atoms with Crippen molar-refractivity contribution >= 4 is 5.91 Å². The average molecular weight is 669 g/mol. The molecule has 2 saturated heterocycles. The molecule has 4 aromatic rings. The molecule has 0 radical (unpaired) electrons. The van der Waals surface area contributed by atoms with E-state index in [-0.39, 0.29) is 25.4 Å². The third-order valence-corrected chi connectivity index (χ3v) is 8.49. The van der Waals surface area contributed by atoms with E-state index in [1.165, 1.54) is 0 Å². The summed E-state index contributed by atoms with van der Waals surface area (Å²) in [6.45, 7) is 3.39. The summed E-state index contributed by atoms with van der Waals surface area (Å²) in [6.07, 6.45) is -0.422. The number of aliphatic hydroxyl groups is 1. The molecule has 0 unspecified atom stereocenters. The van der Waals surface area contributed by atoms with E-state index >= 15 is 0 Å². The van der Waals surface area contributed by atoms with Crippen molar-refractivity contribution in [2.24, 2.45) is 0 Å². The fourth-order valence-electron chi connectivity index (χ4n) is 5.91. The molecule has 0 saturated carbocycles. The topological polar surface area (TPSA) is 80.3 Å². The number of hydrogen-bond acceptors (Lipinski definition) is 6. The van der Waals surface area contributed by atoms with Gasteiger partial charge in [-0.1, -0.05) is 60.7 Å². The first-order valence-corrected chi connectivity index (χ1v) is 15.5. The Morgan fingerprint density at radius 2 is 1.42 bits per heavy atom. The van der Waals surface area contributed by atoms with Crippen LogP contribution in [0.25, 0.3) is 11.1 Å². The maximum Gasteiger partial charge on any atom is 0.257 e. The van der Waals surface area contributed by atoms with Crippen molar-refractivity contribution in [3.05, 3.63) is 130 Å². The van der Waals surface area contributed by atoms with E-state index in [0.717, 1.165) is 40.9 Å². The first kappa shape index (κ1) is 33.7. The SMILES string of the molecule is O=C(NCc1cccc(-c2cccc([C@@H]3O[C@H](CN4CCOCC4)C[C@H](c4ccc(CO)cc4)O3)c2)c1)c1c(F)c(F)c(F)c(F)c1F. The van der Waals surface area contributed by atoms with Crippen LogP contribution in [0.4, 0.5) is 22.0 Å². The van der Waals surface area contributed by atoms with Gasteiger partial charge in [0.25, 0.3) is 5.91 Å². The molecule has 2 aliphatic rings. The molecule has 4 aromatic carbocycles. The molecular weight excluding hydrogens is 635 g/mol. The maximum absolute atomic E-state index is 14.1. The number of carbonyl (C=O) groups excluding carboxylic acids is 1. The monoisotopic (exact) mass is 668 g/mol. The Balaban J connectivity index is 1.20. The van der Waals surface area contributed by atoms with Gasteiger partial charge in [0.1, 0.15) is 5.56 Å². The lowest BCUT2D eigenvalue weighted by atomic mass is 9.98. The molecule has 2 aliphatic heterocycles. The van der Waals surface area contributed by atoms with Crippen LogP contribution >= 0.6 is 0 Å². The van der Waals surface area contributed by atoms with E-state index in [1.807, 2.05) is 54.6 Å². The van der Waals surface area contributed by atoms with E-state index < -0.39 is 46.8 Å². The molecule has 6 rings (SSSR count). The van der Waals surface area contributed by atoms with Gasteiger partial charge < -0.3 is 24.6 Å². The third kappa shape index (κ3) is 7.43. The number of morpholine rings is 1. The van der Waals surface area contributed by atoms with Crippen LogP contribution in [0, 0.1) is 29.1 Å². The molecule has 48 heavy (non-hydrogen) atoms. The highest BCUT2D eigenvalue weighted by Gasteiger charge is 2.34. The van der Waals surface area contributed by atoms with Crippen molar-refractivity contribution in [2.45, 2.75) is 38.1 Å². The molecule has 2 N–H and O–H groups in total. The first-order chi connectivity index (χ1) is 23.2. The zero-order valence-electron chi connectivity index (χ0n) is 25.7. The van der Waals surface area contributed by atoms with Gasteiger partial charge in [0, 0.05) is 38.2 Å². The maximum atomic E-state index is 14.1. The Labute approximate surface area is 273 Å². The van der Waals surface area contributed by atoms with Gasteiger partial charge in [-0.15, -0.1) is 0 Å². The van der Waals surface area contributed by atoms with E-state index in [1.54, 1.807) is 18.2 Å². The minimum atomic E-state index is -2.33. The molecule has 0 bridgehead atoms.